The predicted octanol–water partition coefficient (Wildman–Crippen LogP) is 2.87. The van der Waals surface area contributed by atoms with Crippen molar-refractivity contribution in [2.24, 2.45) is 5.41 Å². The van der Waals surface area contributed by atoms with Gasteiger partial charge in [0.25, 0.3) is 0 Å². The average Bonchev–Trinajstić information content (AvgIpc) is 3.57. The van der Waals surface area contributed by atoms with E-state index >= 15 is 0 Å². The van der Waals surface area contributed by atoms with Gasteiger partial charge in [0.2, 0.25) is 5.91 Å². The van der Waals surface area contributed by atoms with Crippen molar-refractivity contribution in [3.63, 3.8) is 0 Å². The smallest absolute Gasteiger partial charge is 0.383 e. The molecule has 4 rings (SSSR count). The topological polar surface area (TPSA) is 97.7 Å². The van der Waals surface area contributed by atoms with E-state index in [-0.39, 0.29) is 23.4 Å². The molecule has 1 aromatic rings. The first-order valence-electron chi connectivity index (χ1n) is 11.9. The maximum atomic E-state index is 13.4. The molecule has 1 atom stereocenters. The molecule has 11 heteroatoms. The summed E-state index contributed by atoms with van der Waals surface area (Å²) in [6.45, 7) is 2.12. The average molecular weight is 494 g/mol. The van der Waals surface area contributed by atoms with Gasteiger partial charge in [-0.1, -0.05) is 0 Å². The van der Waals surface area contributed by atoms with E-state index in [9.17, 15) is 22.8 Å². The molecule has 3 aliphatic rings. The molecule has 1 spiro atoms. The van der Waals surface area contributed by atoms with Gasteiger partial charge in [0, 0.05) is 45.0 Å². The molecule has 3 amide bonds. The van der Waals surface area contributed by atoms with E-state index in [4.69, 9.17) is 10.00 Å². The van der Waals surface area contributed by atoms with Crippen molar-refractivity contribution in [3.05, 3.63) is 29.3 Å². The van der Waals surface area contributed by atoms with E-state index in [1.54, 1.807) is 24.1 Å². The van der Waals surface area contributed by atoms with Gasteiger partial charge in [-0.05, 0) is 55.7 Å². The van der Waals surface area contributed by atoms with Crippen molar-refractivity contribution in [2.75, 3.05) is 44.8 Å². The van der Waals surface area contributed by atoms with Crippen LogP contribution in [0.15, 0.2) is 18.2 Å². The Labute approximate surface area is 202 Å². The molecule has 2 aliphatic heterocycles. The number of carbonyl (C=O) groups is 2. The fraction of sp³-hybridized carbons (Fsp3) is 0.625. The van der Waals surface area contributed by atoms with Gasteiger partial charge in [-0.15, -0.1) is 0 Å². The third kappa shape index (κ3) is 5.64. The number of hydrogen-bond acceptors (Lipinski definition) is 5. The maximum Gasteiger partial charge on any atom is 0.417 e. The minimum Gasteiger partial charge on any atom is -0.383 e. The summed E-state index contributed by atoms with van der Waals surface area (Å²) >= 11 is 0. The summed E-state index contributed by atoms with van der Waals surface area (Å²) in [5.74, 6) is -0.143. The van der Waals surface area contributed by atoms with Crippen molar-refractivity contribution in [1.29, 1.82) is 5.26 Å². The molecule has 2 saturated heterocycles. The number of methoxy groups -OCH3 is 1. The third-order valence-electron chi connectivity index (χ3n) is 7.20. The Kier molecular flexibility index (Phi) is 7.12. The number of urea groups is 1. The lowest BCUT2D eigenvalue weighted by molar-refractivity contribution is -0.137. The maximum absolute atomic E-state index is 13.4. The molecule has 1 unspecified atom stereocenters. The molecule has 190 valence electrons. The summed E-state index contributed by atoms with van der Waals surface area (Å²) in [5.41, 5.74) is -1.19. The fourth-order valence-electron chi connectivity index (χ4n) is 5.05. The molecule has 1 saturated carbocycles. The monoisotopic (exact) mass is 493 g/mol. The van der Waals surface area contributed by atoms with Crippen LogP contribution >= 0.6 is 0 Å². The number of rotatable bonds is 6. The van der Waals surface area contributed by atoms with E-state index in [0.29, 0.717) is 57.7 Å². The molecular weight excluding hydrogens is 463 g/mol. The van der Waals surface area contributed by atoms with E-state index in [2.05, 4.69) is 10.6 Å². The van der Waals surface area contributed by atoms with Crippen LogP contribution in [0.25, 0.3) is 0 Å². The molecule has 2 N–H and O–H groups in total. The van der Waals surface area contributed by atoms with Crippen LogP contribution in [0.3, 0.4) is 0 Å². The van der Waals surface area contributed by atoms with Gasteiger partial charge in [0.05, 0.1) is 23.8 Å². The predicted molar refractivity (Wildman–Crippen MR) is 122 cm³/mol. The zero-order valence-corrected chi connectivity index (χ0v) is 19.7. The van der Waals surface area contributed by atoms with Crippen LogP contribution in [0, 0.1) is 16.7 Å². The highest BCUT2D eigenvalue weighted by atomic mass is 19.4. The Morgan fingerprint density at radius 2 is 1.97 bits per heavy atom. The van der Waals surface area contributed by atoms with Crippen LogP contribution in [0.4, 0.5) is 23.7 Å². The van der Waals surface area contributed by atoms with Crippen molar-refractivity contribution in [3.8, 4) is 6.07 Å². The standard InChI is InChI=1S/C24H30F3N5O3/c1-35-11-8-29-22(34)32-15-23(13-20(32)21(33)30-17-3-4-17)6-9-31(10-7-23)18-5-2-16(14-28)19(12-18)24(25,26)27/h2,5,12,17,20H,3-4,6-11,13,15H2,1H3,(H,29,34)(H,30,33). The highest BCUT2D eigenvalue weighted by Crippen LogP contribution is 2.45. The Hall–Kier alpha value is -3.00. The van der Waals surface area contributed by atoms with Crippen molar-refractivity contribution in [1.82, 2.24) is 15.5 Å². The van der Waals surface area contributed by atoms with Crippen LogP contribution in [-0.2, 0) is 15.7 Å². The summed E-state index contributed by atoms with van der Waals surface area (Å²) in [7, 11) is 1.54. The number of nitrogens with one attached hydrogen (secondary N) is 2. The Morgan fingerprint density at radius 1 is 1.26 bits per heavy atom. The number of halogens is 3. The molecular formula is C24H30F3N5O3. The van der Waals surface area contributed by atoms with E-state index < -0.39 is 23.3 Å². The highest BCUT2D eigenvalue weighted by molar-refractivity contribution is 5.88. The number of alkyl halides is 3. The third-order valence-corrected chi connectivity index (χ3v) is 7.20. The first-order chi connectivity index (χ1) is 16.7. The van der Waals surface area contributed by atoms with Gasteiger partial charge in [-0.3, -0.25) is 4.79 Å². The lowest BCUT2D eigenvalue weighted by atomic mass is 9.76. The molecule has 35 heavy (non-hydrogen) atoms. The van der Waals surface area contributed by atoms with Crippen molar-refractivity contribution < 1.29 is 27.5 Å². The SMILES string of the molecule is COCCNC(=O)N1CC2(CCN(c3ccc(C#N)c(C(F)(F)F)c3)CC2)CC1C(=O)NC1CC1. The zero-order valence-electron chi connectivity index (χ0n) is 19.7. The van der Waals surface area contributed by atoms with Crippen LogP contribution in [-0.4, -0.2) is 68.8 Å². The number of anilines is 1. The second-order valence-electron chi connectivity index (χ2n) is 9.68. The second-order valence-corrected chi connectivity index (χ2v) is 9.68. The summed E-state index contributed by atoms with van der Waals surface area (Å²) < 4.78 is 45.2. The molecule has 8 nitrogen and oxygen atoms in total. The normalized spacial score (nSPS) is 21.6. The number of carbonyl (C=O) groups excluding carboxylic acids is 2. The molecule has 0 radical (unpaired) electrons. The van der Waals surface area contributed by atoms with Gasteiger partial charge in [-0.25, -0.2) is 4.79 Å². The Morgan fingerprint density at radius 3 is 2.57 bits per heavy atom. The van der Waals surface area contributed by atoms with Gasteiger partial charge >= 0.3 is 12.2 Å². The molecule has 0 bridgehead atoms. The quantitative estimate of drug-likeness (QED) is 0.594. The second kappa shape index (κ2) is 9.93. The van der Waals surface area contributed by atoms with Crippen molar-refractivity contribution >= 4 is 17.6 Å². The number of amides is 3. The van der Waals surface area contributed by atoms with Crippen LogP contribution < -0.4 is 15.5 Å². The number of likely N-dealkylation sites (tertiary alicyclic amines) is 1. The van der Waals surface area contributed by atoms with Gasteiger partial charge in [0.15, 0.2) is 0 Å². The minimum atomic E-state index is -4.61. The summed E-state index contributed by atoms with van der Waals surface area (Å²) in [4.78, 5) is 29.3. The first-order valence-corrected chi connectivity index (χ1v) is 11.9. The molecule has 3 fully saturated rings. The minimum absolute atomic E-state index is 0.143. The lowest BCUT2D eigenvalue weighted by Gasteiger charge is -2.40. The van der Waals surface area contributed by atoms with Crippen LogP contribution in [0.5, 0.6) is 0 Å². The van der Waals surface area contributed by atoms with Gasteiger partial charge in [0.1, 0.15) is 6.04 Å². The number of ether oxygens (including phenoxy) is 1. The summed E-state index contributed by atoms with van der Waals surface area (Å²) in [5, 5.41) is 14.9. The molecule has 1 aliphatic carbocycles. The number of nitrogens with zero attached hydrogens (tertiary/aromatic N) is 3. The molecule has 1 aromatic carbocycles. The zero-order chi connectivity index (χ0) is 25.2. The van der Waals surface area contributed by atoms with Crippen LogP contribution in [0.1, 0.15) is 43.2 Å². The number of hydrogen-bond donors (Lipinski definition) is 2. The van der Waals surface area contributed by atoms with Crippen LogP contribution in [0.2, 0.25) is 0 Å². The first kappa shape index (κ1) is 25.1. The Balaban J connectivity index is 1.46. The van der Waals surface area contributed by atoms with E-state index in [1.807, 2.05) is 4.90 Å². The van der Waals surface area contributed by atoms with E-state index in [1.165, 1.54) is 6.07 Å². The molecule has 2 heterocycles. The van der Waals surface area contributed by atoms with E-state index in [0.717, 1.165) is 18.9 Å². The number of benzene rings is 1. The lowest BCUT2D eigenvalue weighted by Crippen LogP contribution is -2.50. The van der Waals surface area contributed by atoms with Gasteiger partial charge < -0.3 is 25.2 Å². The number of nitriles is 1. The van der Waals surface area contributed by atoms with Crippen molar-refractivity contribution in [2.45, 2.75) is 50.4 Å². The fourth-order valence-corrected chi connectivity index (χ4v) is 5.05. The highest BCUT2D eigenvalue weighted by Gasteiger charge is 2.50. The van der Waals surface area contributed by atoms with Gasteiger partial charge in [-0.2, -0.15) is 18.4 Å². The number of piperidine rings is 1. The molecule has 0 aromatic heterocycles. The Bertz CT molecular complexity index is 997. The summed E-state index contributed by atoms with van der Waals surface area (Å²) in [6, 6.07) is 4.70. The summed E-state index contributed by atoms with van der Waals surface area (Å²) in [6.07, 6.45) is -0.903. The largest absolute Gasteiger partial charge is 0.417 e.